The van der Waals surface area contributed by atoms with E-state index in [1.165, 1.54) is 11.1 Å². The number of carbonyl (C=O) groups excluding carboxylic acids is 2. The number of halogens is 2. The molecule has 0 saturated heterocycles. The van der Waals surface area contributed by atoms with Crippen molar-refractivity contribution in [2.24, 2.45) is 0 Å². The van der Waals surface area contributed by atoms with Crippen LogP contribution < -0.4 is 4.90 Å². The SMILES string of the molecule is Cc1ccc(C[C@]2(C)C(=O)N(c3cc(Cl)cc(Cl)c3)c3ncc(C(=O)c4ccccc4)n32)cc1. The molecule has 1 aromatic heterocycles. The van der Waals surface area contributed by atoms with Gasteiger partial charge in [0.1, 0.15) is 11.2 Å². The molecule has 0 aliphatic carbocycles. The maximum absolute atomic E-state index is 14.0. The van der Waals surface area contributed by atoms with E-state index in [4.69, 9.17) is 23.2 Å². The normalized spacial score (nSPS) is 17.2. The number of rotatable bonds is 5. The lowest BCUT2D eigenvalue weighted by Crippen LogP contribution is -2.42. The third kappa shape index (κ3) is 3.71. The highest BCUT2D eigenvalue weighted by Crippen LogP contribution is 2.43. The summed E-state index contributed by atoms with van der Waals surface area (Å²) in [5.41, 5.74) is 2.39. The molecule has 1 aliphatic rings. The number of aromatic nitrogens is 2. The summed E-state index contributed by atoms with van der Waals surface area (Å²) < 4.78 is 1.75. The van der Waals surface area contributed by atoms with E-state index < -0.39 is 5.54 Å². The van der Waals surface area contributed by atoms with Gasteiger partial charge in [0.25, 0.3) is 5.91 Å². The molecule has 3 aromatic carbocycles. The fourth-order valence-corrected chi connectivity index (χ4v) is 4.98. The summed E-state index contributed by atoms with van der Waals surface area (Å²) >= 11 is 12.5. The molecule has 0 spiro atoms. The fraction of sp³-hybridized carbons (Fsp3) is 0.148. The van der Waals surface area contributed by atoms with E-state index in [-0.39, 0.29) is 11.7 Å². The highest BCUT2D eigenvalue weighted by Gasteiger charge is 2.51. The van der Waals surface area contributed by atoms with Gasteiger partial charge in [0, 0.05) is 22.0 Å². The van der Waals surface area contributed by atoms with Crippen molar-refractivity contribution < 1.29 is 9.59 Å². The van der Waals surface area contributed by atoms with Gasteiger partial charge in [0.05, 0.1) is 11.9 Å². The van der Waals surface area contributed by atoms with Crippen molar-refractivity contribution in [2.75, 3.05) is 4.90 Å². The topological polar surface area (TPSA) is 55.2 Å². The summed E-state index contributed by atoms with van der Waals surface area (Å²) in [5, 5.41) is 0.808. The summed E-state index contributed by atoms with van der Waals surface area (Å²) in [6.07, 6.45) is 1.92. The monoisotopic (exact) mass is 489 g/mol. The van der Waals surface area contributed by atoms with E-state index in [1.54, 1.807) is 34.9 Å². The van der Waals surface area contributed by atoms with Gasteiger partial charge in [-0.2, -0.15) is 0 Å². The Morgan fingerprint density at radius 3 is 2.26 bits per heavy atom. The average molecular weight is 490 g/mol. The van der Waals surface area contributed by atoms with Gasteiger partial charge < -0.3 is 0 Å². The van der Waals surface area contributed by atoms with E-state index in [2.05, 4.69) is 4.98 Å². The lowest BCUT2D eigenvalue weighted by atomic mass is 9.91. The smallest absolute Gasteiger partial charge is 0.260 e. The number of benzene rings is 3. The minimum Gasteiger partial charge on any atom is -0.291 e. The second-order valence-electron chi connectivity index (χ2n) is 8.68. The van der Waals surface area contributed by atoms with Gasteiger partial charge in [-0.05, 0) is 37.6 Å². The molecule has 0 fully saturated rings. The van der Waals surface area contributed by atoms with Crippen LogP contribution in [0.15, 0.2) is 79.0 Å². The molecular weight excluding hydrogens is 469 g/mol. The Kier molecular flexibility index (Phi) is 5.54. The van der Waals surface area contributed by atoms with Gasteiger partial charge in [-0.3, -0.25) is 14.2 Å². The Morgan fingerprint density at radius 1 is 0.971 bits per heavy atom. The average Bonchev–Trinajstić information content (AvgIpc) is 3.33. The van der Waals surface area contributed by atoms with Crippen molar-refractivity contribution in [3.05, 3.63) is 111 Å². The Balaban J connectivity index is 1.69. The van der Waals surface area contributed by atoms with E-state index in [0.29, 0.717) is 39.4 Å². The van der Waals surface area contributed by atoms with Crippen molar-refractivity contribution >= 4 is 46.5 Å². The van der Waals surface area contributed by atoms with Gasteiger partial charge in [0.2, 0.25) is 11.7 Å². The number of hydrogen-bond donors (Lipinski definition) is 0. The molecule has 5 nitrogen and oxygen atoms in total. The highest BCUT2D eigenvalue weighted by molar-refractivity contribution is 6.35. The van der Waals surface area contributed by atoms with Crippen LogP contribution in [0.1, 0.15) is 34.1 Å². The van der Waals surface area contributed by atoms with Gasteiger partial charge in [-0.15, -0.1) is 0 Å². The molecule has 0 N–H and O–H groups in total. The molecule has 4 aromatic rings. The predicted octanol–water partition coefficient (Wildman–Crippen LogP) is 6.37. The van der Waals surface area contributed by atoms with Crippen LogP contribution in [0.4, 0.5) is 11.6 Å². The number of nitrogens with zero attached hydrogens (tertiary/aromatic N) is 3. The molecule has 5 rings (SSSR count). The minimum absolute atomic E-state index is 0.201. The lowest BCUT2D eigenvalue weighted by Gasteiger charge is -2.26. The summed E-state index contributed by atoms with van der Waals surface area (Å²) in [4.78, 5) is 33.5. The molecule has 0 radical (unpaired) electrons. The van der Waals surface area contributed by atoms with E-state index in [1.807, 2.05) is 56.3 Å². The third-order valence-electron chi connectivity index (χ3n) is 6.14. The maximum atomic E-state index is 14.0. The van der Waals surface area contributed by atoms with Gasteiger partial charge in [-0.1, -0.05) is 83.4 Å². The van der Waals surface area contributed by atoms with Gasteiger partial charge in [0.15, 0.2) is 0 Å². The fourth-order valence-electron chi connectivity index (χ4n) is 4.47. The Labute approximate surface area is 207 Å². The molecule has 1 atom stereocenters. The van der Waals surface area contributed by atoms with Crippen LogP contribution in [0.2, 0.25) is 10.0 Å². The number of anilines is 2. The van der Waals surface area contributed by atoms with Crippen molar-refractivity contribution in [1.82, 2.24) is 9.55 Å². The molecule has 34 heavy (non-hydrogen) atoms. The van der Waals surface area contributed by atoms with Crippen LogP contribution in [-0.2, 0) is 16.8 Å². The predicted molar refractivity (Wildman–Crippen MR) is 134 cm³/mol. The minimum atomic E-state index is -1.09. The van der Waals surface area contributed by atoms with Gasteiger partial charge in [-0.25, -0.2) is 9.88 Å². The van der Waals surface area contributed by atoms with Gasteiger partial charge >= 0.3 is 0 Å². The number of carbonyl (C=O) groups is 2. The number of hydrogen-bond acceptors (Lipinski definition) is 3. The van der Waals surface area contributed by atoms with Crippen molar-refractivity contribution in [3.63, 3.8) is 0 Å². The zero-order chi connectivity index (χ0) is 24.0. The van der Waals surface area contributed by atoms with Crippen LogP contribution in [-0.4, -0.2) is 21.2 Å². The van der Waals surface area contributed by atoms with E-state index >= 15 is 0 Å². The molecule has 7 heteroatoms. The Hall–Kier alpha value is -3.41. The third-order valence-corrected chi connectivity index (χ3v) is 6.58. The number of aryl methyl sites for hydroxylation is 1. The van der Waals surface area contributed by atoms with Crippen LogP contribution in [0.25, 0.3) is 0 Å². The summed E-state index contributed by atoms with van der Waals surface area (Å²) in [6, 6.07) is 22.0. The second kappa shape index (κ2) is 8.42. The first-order chi connectivity index (χ1) is 16.3. The van der Waals surface area contributed by atoms with Crippen LogP contribution in [0.3, 0.4) is 0 Å². The molecule has 170 valence electrons. The molecule has 1 aliphatic heterocycles. The zero-order valence-electron chi connectivity index (χ0n) is 18.6. The number of ketones is 1. The van der Waals surface area contributed by atoms with Crippen LogP contribution in [0.5, 0.6) is 0 Å². The molecular formula is C27H21Cl2N3O2. The summed E-state index contributed by atoms with van der Waals surface area (Å²) in [7, 11) is 0. The molecule has 1 amide bonds. The first-order valence-corrected chi connectivity index (χ1v) is 11.6. The number of imidazole rings is 1. The first kappa shape index (κ1) is 22.4. The van der Waals surface area contributed by atoms with E-state index in [0.717, 1.165) is 11.1 Å². The van der Waals surface area contributed by atoms with Crippen LogP contribution in [0, 0.1) is 6.92 Å². The largest absolute Gasteiger partial charge is 0.291 e. The molecule has 0 bridgehead atoms. The zero-order valence-corrected chi connectivity index (χ0v) is 20.1. The quantitative estimate of drug-likeness (QED) is 0.306. The molecule has 0 saturated carbocycles. The standard InChI is InChI=1S/C27H21Cl2N3O2/c1-17-8-10-18(11-9-17)15-27(2)25(34)31(22-13-20(28)12-21(29)14-22)26-30-16-23(32(26)27)24(33)19-6-4-3-5-7-19/h3-14,16H,15H2,1-2H3/t27-/m1/s1. The molecule has 0 unspecified atom stereocenters. The van der Waals surface area contributed by atoms with Crippen LogP contribution >= 0.6 is 23.2 Å². The Bertz CT molecular complexity index is 1390. The van der Waals surface area contributed by atoms with Crippen molar-refractivity contribution in [1.29, 1.82) is 0 Å². The maximum Gasteiger partial charge on any atom is 0.260 e. The summed E-state index contributed by atoms with van der Waals surface area (Å²) in [6.45, 7) is 3.86. The molecule has 2 heterocycles. The van der Waals surface area contributed by atoms with Crippen molar-refractivity contribution in [2.45, 2.75) is 25.8 Å². The highest BCUT2D eigenvalue weighted by atomic mass is 35.5. The summed E-state index contributed by atoms with van der Waals surface area (Å²) in [5.74, 6) is -0.0536. The lowest BCUT2D eigenvalue weighted by molar-refractivity contribution is -0.123. The number of fused-ring (bicyclic) bond motifs is 1. The van der Waals surface area contributed by atoms with Crippen molar-refractivity contribution in [3.8, 4) is 0 Å². The Morgan fingerprint density at radius 2 is 1.62 bits per heavy atom. The number of amides is 1. The first-order valence-electron chi connectivity index (χ1n) is 10.8. The second-order valence-corrected chi connectivity index (χ2v) is 9.55. The van der Waals surface area contributed by atoms with E-state index in [9.17, 15) is 9.59 Å².